The van der Waals surface area contributed by atoms with Gasteiger partial charge in [0.1, 0.15) is 0 Å². The Morgan fingerprint density at radius 3 is 2.77 bits per heavy atom. The second-order valence-corrected chi connectivity index (χ2v) is 5.63. The lowest BCUT2D eigenvalue weighted by molar-refractivity contribution is -0.00466. The Hall–Kier alpha value is 0.270. The van der Waals surface area contributed by atoms with Gasteiger partial charge in [0.05, 0.1) is 11.7 Å². The first-order valence-corrected chi connectivity index (χ1v) is 6.16. The molecule has 13 heavy (non-hydrogen) atoms. The number of hydrogen-bond donors (Lipinski definition) is 1. The van der Waals surface area contributed by atoms with Gasteiger partial charge in [0.15, 0.2) is 0 Å². The highest BCUT2D eigenvalue weighted by Crippen LogP contribution is 2.30. The molecule has 1 rings (SSSR count). The summed E-state index contributed by atoms with van der Waals surface area (Å²) in [5.74, 6) is 2.14. The Morgan fingerprint density at radius 1 is 1.62 bits per heavy atom. The van der Waals surface area contributed by atoms with Crippen molar-refractivity contribution in [2.75, 3.05) is 11.5 Å². The van der Waals surface area contributed by atoms with Gasteiger partial charge in [-0.2, -0.15) is 11.8 Å². The van der Waals surface area contributed by atoms with Crippen LogP contribution in [0.5, 0.6) is 0 Å². The van der Waals surface area contributed by atoms with E-state index in [2.05, 4.69) is 13.8 Å². The number of ether oxygens (including phenoxy) is 1. The third kappa shape index (κ3) is 4.34. The molecule has 2 atom stereocenters. The van der Waals surface area contributed by atoms with Crippen LogP contribution in [0.1, 0.15) is 33.6 Å². The van der Waals surface area contributed by atoms with Crippen LogP contribution in [0, 0.1) is 0 Å². The normalized spacial score (nSPS) is 29.1. The lowest BCUT2D eigenvalue weighted by atomic mass is 10.1. The molecule has 0 spiro atoms. The van der Waals surface area contributed by atoms with Gasteiger partial charge in [0.2, 0.25) is 0 Å². The van der Waals surface area contributed by atoms with Crippen LogP contribution in [0.15, 0.2) is 0 Å². The maximum Gasteiger partial charge on any atom is 0.0673 e. The van der Waals surface area contributed by atoms with Crippen LogP contribution >= 0.6 is 11.8 Å². The third-order valence-electron chi connectivity index (χ3n) is 2.24. The number of nitrogens with two attached hydrogens (primary N) is 1. The van der Waals surface area contributed by atoms with Gasteiger partial charge in [-0.05, 0) is 33.6 Å². The predicted molar refractivity (Wildman–Crippen MR) is 59.2 cm³/mol. The second-order valence-electron chi connectivity index (χ2n) is 4.55. The summed E-state index contributed by atoms with van der Waals surface area (Å²) in [6.45, 7) is 6.39. The van der Waals surface area contributed by atoms with E-state index in [0.29, 0.717) is 12.1 Å². The molecule has 0 radical (unpaired) electrons. The molecule has 2 unspecified atom stereocenters. The summed E-state index contributed by atoms with van der Waals surface area (Å²) in [5.41, 5.74) is 5.78. The minimum absolute atomic E-state index is 0.111. The van der Waals surface area contributed by atoms with Gasteiger partial charge in [-0.25, -0.2) is 0 Å². The van der Waals surface area contributed by atoms with Crippen molar-refractivity contribution in [2.45, 2.75) is 51.4 Å². The fourth-order valence-electron chi connectivity index (χ4n) is 1.58. The molecule has 0 amide bonds. The van der Waals surface area contributed by atoms with Gasteiger partial charge in [-0.15, -0.1) is 0 Å². The Kier molecular flexibility index (Phi) is 4.07. The molecule has 1 saturated heterocycles. The van der Waals surface area contributed by atoms with Gasteiger partial charge in [0.25, 0.3) is 0 Å². The first kappa shape index (κ1) is 11.3. The summed E-state index contributed by atoms with van der Waals surface area (Å²) in [7, 11) is 0. The zero-order valence-corrected chi connectivity index (χ0v) is 9.69. The van der Waals surface area contributed by atoms with E-state index in [-0.39, 0.29) is 5.60 Å². The molecule has 1 aliphatic rings. The van der Waals surface area contributed by atoms with Crippen LogP contribution in [0.2, 0.25) is 0 Å². The van der Waals surface area contributed by atoms with Crippen molar-refractivity contribution in [3.05, 3.63) is 0 Å². The van der Waals surface area contributed by atoms with E-state index in [4.69, 9.17) is 10.5 Å². The maximum atomic E-state index is 5.87. The Morgan fingerprint density at radius 2 is 2.31 bits per heavy atom. The number of thioether (sulfide) groups is 1. The largest absolute Gasteiger partial charge is 0.371 e. The van der Waals surface area contributed by atoms with E-state index in [1.807, 2.05) is 18.7 Å². The van der Waals surface area contributed by atoms with Crippen molar-refractivity contribution < 1.29 is 4.74 Å². The average molecular weight is 203 g/mol. The zero-order chi connectivity index (χ0) is 9.90. The predicted octanol–water partition coefficient (Wildman–Crippen LogP) is 2.02. The van der Waals surface area contributed by atoms with Crippen LogP contribution in [-0.2, 0) is 4.74 Å². The summed E-state index contributed by atoms with van der Waals surface area (Å²) in [6.07, 6.45) is 2.86. The van der Waals surface area contributed by atoms with E-state index in [1.54, 1.807) is 0 Å². The van der Waals surface area contributed by atoms with E-state index >= 15 is 0 Å². The molecular weight excluding hydrogens is 182 g/mol. The van der Waals surface area contributed by atoms with Gasteiger partial charge in [0, 0.05) is 17.5 Å². The highest BCUT2D eigenvalue weighted by atomic mass is 32.2. The van der Waals surface area contributed by atoms with Gasteiger partial charge in [-0.3, -0.25) is 0 Å². The Labute approximate surface area is 85.6 Å². The molecule has 78 valence electrons. The molecule has 1 fully saturated rings. The second kappa shape index (κ2) is 4.67. The summed E-state index contributed by atoms with van der Waals surface area (Å²) in [4.78, 5) is 0. The van der Waals surface area contributed by atoms with Crippen LogP contribution in [0.3, 0.4) is 0 Å². The lowest BCUT2D eigenvalue weighted by Gasteiger charge is -2.19. The van der Waals surface area contributed by atoms with E-state index in [0.717, 1.165) is 11.5 Å². The highest BCUT2D eigenvalue weighted by molar-refractivity contribution is 7.99. The average Bonchev–Trinajstić information content (AvgIpc) is 2.29. The highest BCUT2D eigenvalue weighted by Gasteiger charge is 2.31. The van der Waals surface area contributed by atoms with E-state index in [9.17, 15) is 0 Å². The molecular formula is C10H21NOS. The maximum absolute atomic E-state index is 5.87. The fourth-order valence-corrected chi connectivity index (χ4v) is 2.59. The molecule has 0 bridgehead atoms. The molecule has 0 aromatic carbocycles. The van der Waals surface area contributed by atoms with Crippen LogP contribution in [0.4, 0.5) is 0 Å². The molecule has 3 heteroatoms. The zero-order valence-electron chi connectivity index (χ0n) is 8.88. The lowest BCUT2D eigenvalue weighted by Crippen LogP contribution is -2.22. The minimum Gasteiger partial charge on any atom is -0.371 e. The van der Waals surface area contributed by atoms with Crippen molar-refractivity contribution in [3.63, 3.8) is 0 Å². The quantitative estimate of drug-likeness (QED) is 0.759. The molecule has 1 aliphatic heterocycles. The van der Waals surface area contributed by atoms with Crippen molar-refractivity contribution in [1.82, 2.24) is 0 Å². The molecule has 0 saturated carbocycles. The Balaban J connectivity index is 2.11. The topological polar surface area (TPSA) is 35.2 Å². The van der Waals surface area contributed by atoms with Crippen molar-refractivity contribution >= 4 is 11.8 Å². The monoisotopic (exact) mass is 203 g/mol. The van der Waals surface area contributed by atoms with Crippen molar-refractivity contribution in [1.29, 1.82) is 0 Å². The van der Waals surface area contributed by atoms with Crippen molar-refractivity contribution in [3.8, 4) is 0 Å². The van der Waals surface area contributed by atoms with Crippen molar-refractivity contribution in [2.24, 2.45) is 5.73 Å². The van der Waals surface area contributed by atoms with E-state index < -0.39 is 0 Å². The van der Waals surface area contributed by atoms with Gasteiger partial charge < -0.3 is 10.5 Å². The standard InChI is InChI=1S/C10H21NOS/c1-8(11)6-13-7-9-4-5-10(2,3)12-9/h8-9H,4-7,11H2,1-3H3. The first-order chi connectivity index (χ1) is 5.99. The summed E-state index contributed by atoms with van der Waals surface area (Å²) in [6, 6.07) is 0.305. The third-order valence-corrected chi connectivity index (χ3v) is 3.61. The summed E-state index contributed by atoms with van der Waals surface area (Å²) in [5, 5.41) is 0. The number of hydrogen-bond acceptors (Lipinski definition) is 3. The Bertz CT molecular complexity index is 159. The molecule has 1 heterocycles. The summed E-state index contributed by atoms with van der Waals surface area (Å²) < 4.78 is 5.87. The molecule has 0 aromatic heterocycles. The molecule has 0 aromatic rings. The van der Waals surface area contributed by atoms with E-state index in [1.165, 1.54) is 12.8 Å². The summed E-state index contributed by atoms with van der Waals surface area (Å²) >= 11 is 1.91. The van der Waals surface area contributed by atoms with Crippen LogP contribution < -0.4 is 5.73 Å². The van der Waals surface area contributed by atoms with Gasteiger partial charge in [-0.1, -0.05) is 0 Å². The van der Waals surface area contributed by atoms with Gasteiger partial charge >= 0.3 is 0 Å². The minimum atomic E-state index is 0.111. The smallest absolute Gasteiger partial charge is 0.0673 e. The fraction of sp³-hybridized carbons (Fsp3) is 1.00. The molecule has 2 N–H and O–H groups in total. The first-order valence-electron chi connectivity index (χ1n) is 5.01. The number of rotatable bonds is 4. The van der Waals surface area contributed by atoms with Crippen LogP contribution in [-0.4, -0.2) is 29.3 Å². The SMILES string of the molecule is CC(N)CSCC1CCC(C)(C)O1. The van der Waals surface area contributed by atoms with Crippen LogP contribution in [0.25, 0.3) is 0 Å². The molecule has 0 aliphatic carbocycles. The molecule has 2 nitrogen and oxygen atoms in total.